The molecule has 2 aromatic rings. The van der Waals surface area contributed by atoms with Crippen LogP contribution in [0.15, 0.2) is 27.9 Å². The van der Waals surface area contributed by atoms with E-state index in [4.69, 9.17) is 27.7 Å². The van der Waals surface area contributed by atoms with Crippen molar-refractivity contribution < 1.29 is 26.9 Å². The van der Waals surface area contributed by atoms with Gasteiger partial charge in [0.25, 0.3) is 0 Å². The number of halogens is 4. The molecule has 0 aromatic heterocycles. The lowest BCUT2D eigenvalue weighted by molar-refractivity contribution is 0.00578. The predicted octanol–water partition coefficient (Wildman–Crippen LogP) is 3.46. The van der Waals surface area contributed by atoms with Crippen LogP contribution in [0.2, 0.25) is 0 Å². The second-order valence-corrected chi connectivity index (χ2v) is 8.70. The van der Waals surface area contributed by atoms with Crippen molar-refractivity contribution in [3.8, 4) is 6.07 Å². The Morgan fingerprint density at radius 2 is 1.54 bits per heavy atom. The van der Waals surface area contributed by atoms with E-state index < -0.39 is 64.2 Å². The monoisotopic (exact) mass is 479 g/mol. The molecule has 2 aliphatic rings. The van der Waals surface area contributed by atoms with E-state index in [1.54, 1.807) is 0 Å². The average Bonchev–Trinajstić information content (AvgIpc) is 3.32. The van der Waals surface area contributed by atoms with Crippen molar-refractivity contribution in [2.24, 2.45) is 9.98 Å². The molecule has 4 rings (SSSR count). The molecule has 0 amide bonds. The van der Waals surface area contributed by atoms with E-state index in [0.29, 0.717) is 5.46 Å². The van der Waals surface area contributed by atoms with Gasteiger partial charge < -0.3 is 9.31 Å². The highest BCUT2D eigenvalue weighted by Gasteiger charge is 2.52. The summed E-state index contributed by atoms with van der Waals surface area (Å²) in [6.07, 6.45) is 0. The highest BCUT2D eigenvalue weighted by atomic mass is 19.2. The van der Waals surface area contributed by atoms with Crippen molar-refractivity contribution in [3.05, 3.63) is 85.9 Å². The van der Waals surface area contributed by atoms with Gasteiger partial charge >= 0.3 is 7.12 Å². The molecule has 35 heavy (non-hydrogen) atoms. The fourth-order valence-corrected chi connectivity index (χ4v) is 3.57. The number of hydrogen-bond donors (Lipinski definition) is 0. The van der Waals surface area contributed by atoms with Crippen LogP contribution in [0, 0.1) is 47.7 Å². The third kappa shape index (κ3) is 3.49. The van der Waals surface area contributed by atoms with Crippen LogP contribution in [-0.2, 0) is 9.31 Å². The lowest BCUT2D eigenvalue weighted by Gasteiger charge is -2.32. The summed E-state index contributed by atoms with van der Waals surface area (Å²) in [7, 11) is -0.922. The summed E-state index contributed by atoms with van der Waals surface area (Å²) in [6.45, 7) is 22.4. The topological polar surface area (TPSA) is 75.7 Å². The summed E-state index contributed by atoms with van der Waals surface area (Å²) in [4.78, 5) is 14.6. The minimum atomic E-state index is -1.94. The highest BCUT2D eigenvalue weighted by molar-refractivity contribution is 6.64. The van der Waals surface area contributed by atoms with Gasteiger partial charge in [0.1, 0.15) is 11.6 Å². The SMILES string of the molecule is [C-]#[N+]/C(=C1/N=c2ccc(B3OC(C)(C)C(C)(C)O3)c([N+]#[C-])c2=N1)c1c(F)c(F)c(C#N)c(F)c1F. The van der Waals surface area contributed by atoms with Crippen molar-refractivity contribution in [2.75, 3.05) is 0 Å². The molecule has 0 spiro atoms. The molecule has 2 aromatic carbocycles. The van der Waals surface area contributed by atoms with Gasteiger partial charge in [0.2, 0.25) is 11.4 Å². The van der Waals surface area contributed by atoms with Crippen LogP contribution < -0.4 is 16.2 Å². The Morgan fingerprint density at radius 3 is 2.03 bits per heavy atom. The van der Waals surface area contributed by atoms with Gasteiger partial charge in [-0.3, -0.25) is 4.99 Å². The maximum atomic E-state index is 14.6. The van der Waals surface area contributed by atoms with Crippen LogP contribution in [-0.4, -0.2) is 18.3 Å². The number of nitriles is 1. The Morgan fingerprint density at radius 1 is 0.971 bits per heavy atom. The second kappa shape index (κ2) is 8.02. The van der Waals surface area contributed by atoms with Gasteiger partial charge in [-0.05, 0) is 39.2 Å². The molecule has 0 saturated carbocycles. The van der Waals surface area contributed by atoms with Crippen LogP contribution in [0.5, 0.6) is 0 Å². The molecule has 1 saturated heterocycles. The summed E-state index contributed by atoms with van der Waals surface area (Å²) >= 11 is 0. The van der Waals surface area contributed by atoms with Crippen molar-refractivity contribution in [1.82, 2.24) is 0 Å². The number of rotatable bonds is 2. The number of hydrogen-bond acceptors (Lipinski definition) is 5. The van der Waals surface area contributed by atoms with E-state index >= 15 is 0 Å². The lowest BCUT2D eigenvalue weighted by atomic mass is 9.77. The summed E-state index contributed by atoms with van der Waals surface area (Å²) in [5, 5.41) is 8.87. The van der Waals surface area contributed by atoms with Gasteiger partial charge in [0.05, 0.1) is 40.6 Å². The molecule has 0 unspecified atom stereocenters. The molecular formula is C23H14BF4N5O2. The van der Waals surface area contributed by atoms with E-state index in [2.05, 4.69) is 19.7 Å². The van der Waals surface area contributed by atoms with Gasteiger partial charge in [-0.1, -0.05) is 6.07 Å². The van der Waals surface area contributed by atoms with E-state index in [-0.39, 0.29) is 16.4 Å². The minimum absolute atomic E-state index is 0.0150. The molecule has 12 heteroatoms. The molecule has 2 heterocycles. The van der Waals surface area contributed by atoms with Crippen LogP contribution >= 0.6 is 0 Å². The smallest absolute Gasteiger partial charge is 0.400 e. The van der Waals surface area contributed by atoms with E-state index in [1.165, 1.54) is 12.1 Å². The highest BCUT2D eigenvalue weighted by Crippen LogP contribution is 2.37. The van der Waals surface area contributed by atoms with Crippen molar-refractivity contribution >= 4 is 24.0 Å². The van der Waals surface area contributed by atoms with Crippen molar-refractivity contribution in [2.45, 2.75) is 38.9 Å². The lowest BCUT2D eigenvalue weighted by Crippen LogP contribution is -2.41. The summed E-state index contributed by atoms with van der Waals surface area (Å²) in [5.74, 6) is -8.29. The molecule has 1 fully saturated rings. The normalized spacial score (nSPS) is 18.6. The third-order valence-corrected chi connectivity index (χ3v) is 6.16. The maximum absolute atomic E-state index is 14.6. The van der Waals surface area contributed by atoms with Gasteiger partial charge in [-0.15, -0.1) is 0 Å². The van der Waals surface area contributed by atoms with E-state index in [9.17, 15) is 17.6 Å². The molecule has 7 nitrogen and oxygen atoms in total. The van der Waals surface area contributed by atoms with Crippen LogP contribution in [0.25, 0.3) is 15.4 Å². The zero-order valence-corrected chi connectivity index (χ0v) is 18.8. The van der Waals surface area contributed by atoms with E-state index in [1.807, 2.05) is 27.7 Å². The molecule has 2 aliphatic heterocycles. The van der Waals surface area contributed by atoms with Gasteiger partial charge in [0.15, 0.2) is 29.1 Å². The van der Waals surface area contributed by atoms with Crippen LogP contribution in [0.4, 0.5) is 23.2 Å². The first-order valence-corrected chi connectivity index (χ1v) is 10.1. The van der Waals surface area contributed by atoms with Gasteiger partial charge in [-0.25, -0.2) is 32.2 Å². The maximum Gasteiger partial charge on any atom is 0.483 e. The summed E-state index contributed by atoms with van der Waals surface area (Å²) < 4.78 is 69.5. The Kier molecular flexibility index (Phi) is 5.52. The Labute approximate surface area is 197 Å². The first-order valence-electron chi connectivity index (χ1n) is 10.1. The van der Waals surface area contributed by atoms with Crippen LogP contribution in [0.1, 0.15) is 38.8 Å². The van der Waals surface area contributed by atoms with Crippen molar-refractivity contribution in [3.63, 3.8) is 0 Å². The number of nitrogens with zero attached hydrogens (tertiary/aromatic N) is 5. The Balaban J connectivity index is 1.94. The first-order chi connectivity index (χ1) is 16.4. The molecule has 174 valence electrons. The standard InChI is InChI=1S/C23H14BF4N5O2/c1-22(2)23(3,4)35-24(34-22)11-7-8-12-19(18(11)30-5)33-21(32-12)20(31-6)13-16(27)14(25)10(9-29)15(26)17(13)28/h7-8H,1-4H3/b21-20-. The van der Waals surface area contributed by atoms with Crippen LogP contribution in [0.3, 0.4) is 0 Å². The second-order valence-electron chi connectivity index (χ2n) is 8.70. The average molecular weight is 479 g/mol. The molecule has 0 N–H and O–H groups in total. The fourth-order valence-electron chi connectivity index (χ4n) is 3.57. The fraction of sp³-hybridized carbons (Fsp3) is 0.261. The van der Waals surface area contributed by atoms with Gasteiger partial charge in [0, 0.05) is 0 Å². The molecule has 0 radical (unpaired) electrons. The molecule has 0 bridgehead atoms. The zero-order valence-electron chi connectivity index (χ0n) is 18.8. The summed E-state index contributed by atoms with van der Waals surface area (Å²) in [6, 6.07) is 4.02. The van der Waals surface area contributed by atoms with E-state index in [0.717, 1.165) is 6.07 Å². The third-order valence-electron chi connectivity index (χ3n) is 6.16. The quantitative estimate of drug-likeness (QED) is 0.287. The minimum Gasteiger partial charge on any atom is -0.400 e. The number of benzene rings is 2. The summed E-state index contributed by atoms with van der Waals surface area (Å²) in [5.41, 5.74) is -4.82. The first kappa shape index (κ1) is 24.1. The Bertz CT molecular complexity index is 1550. The molecule has 0 aliphatic carbocycles. The van der Waals surface area contributed by atoms with Crippen molar-refractivity contribution in [1.29, 1.82) is 5.26 Å². The zero-order chi connectivity index (χ0) is 25.9. The Hall–Kier alpha value is -4.05. The molecule has 0 atom stereocenters. The predicted molar refractivity (Wildman–Crippen MR) is 115 cm³/mol. The number of fused-ring (bicyclic) bond motifs is 1. The van der Waals surface area contributed by atoms with Gasteiger partial charge in [-0.2, -0.15) is 5.26 Å². The largest absolute Gasteiger partial charge is 0.483 e. The molecular weight excluding hydrogens is 465 g/mol.